The van der Waals surface area contributed by atoms with Crippen LogP contribution in [0.5, 0.6) is 0 Å². The minimum absolute atomic E-state index is 0.132. The van der Waals surface area contributed by atoms with E-state index in [-0.39, 0.29) is 10.8 Å². The van der Waals surface area contributed by atoms with Crippen LogP contribution in [0.25, 0.3) is 0 Å². The molecule has 2 nitrogen and oxygen atoms in total. The zero-order chi connectivity index (χ0) is 11.6. The Bertz CT molecular complexity index is 306. The predicted molar refractivity (Wildman–Crippen MR) is 65.6 cm³/mol. The second kappa shape index (κ2) is 4.75. The summed E-state index contributed by atoms with van der Waals surface area (Å²) in [5, 5.41) is 4.99. The third-order valence-electron chi connectivity index (χ3n) is 2.58. The summed E-state index contributed by atoms with van der Waals surface area (Å²) < 4.78 is 1.81. The van der Waals surface area contributed by atoms with Crippen LogP contribution in [0.2, 0.25) is 5.02 Å². The maximum absolute atomic E-state index is 6.31. The molecule has 1 rings (SSSR count). The molecule has 1 aromatic heterocycles. The monoisotopic (exact) mass is 248 g/mol. The standard InChI is InChI=1S/C11H18Cl2N2/c1-11(2,3)10(13)6-5-9-8(12)7-14-15(9)4/h7,10H,5-6H2,1-4H3. The lowest BCUT2D eigenvalue weighted by atomic mass is 9.89. The predicted octanol–water partition coefficient (Wildman–Crippen LogP) is 3.66. The van der Waals surface area contributed by atoms with Gasteiger partial charge in [-0.15, -0.1) is 11.6 Å². The molecule has 0 spiro atoms. The number of alkyl halides is 1. The maximum atomic E-state index is 6.31. The summed E-state index contributed by atoms with van der Waals surface area (Å²) in [6, 6.07) is 0. The van der Waals surface area contributed by atoms with Gasteiger partial charge in [0.25, 0.3) is 0 Å². The molecule has 0 aliphatic heterocycles. The average molecular weight is 249 g/mol. The van der Waals surface area contributed by atoms with Gasteiger partial charge in [-0.2, -0.15) is 5.10 Å². The first kappa shape index (κ1) is 12.9. The van der Waals surface area contributed by atoms with Gasteiger partial charge in [-0.3, -0.25) is 4.68 Å². The van der Waals surface area contributed by atoms with E-state index < -0.39 is 0 Å². The number of rotatable bonds is 3. The molecule has 0 saturated carbocycles. The van der Waals surface area contributed by atoms with Crippen LogP contribution in [-0.4, -0.2) is 15.2 Å². The number of aromatic nitrogens is 2. The van der Waals surface area contributed by atoms with E-state index in [2.05, 4.69) is 25.9 Å². The van der Waals surface area contributed by atoms with Gasteiger partial charge in [0.05, 0.1) is 16.9 Å². The molecule has 0 fully saturated rings. The summed E-state index contributed by atoms with van der Waals surface area (Å²) in [5.74, 6) is 0. The first-order valence-electron chi connectivity index (χ1n) is 5.13. The lowest BCUT2D eigenvalue weighted by Crippen LogP contribution is -2.21. The summed E-state index contributed by atoms with van der Waals surface area (Å²) >= 11 is 12.3. The SMILES string of the molecule is Cn1ncc(Cl)c1CCC(Cl)C(C)(C)C. The lowest BCUT2D eigenvalue weighted by Gasteiger charge is -2.25. The van der Waals surface area contributed by atoms with Crippen molar-refractivity contribution < 1.29 is 0 Å². The van der Waals surface area contributed by atoms with Gasteiger partial charge in [0.15, 0.2) is 0 Å². The van der Waals surface area contributed by atoms with E-state index >= 15 is 0 Å². The second-order valence-corrected chi connectivity index (χ2v) is 5.87. The van der Waals surface area contributed by atoms with Crippen molar-refractivity contribution in [1.29, 1.82) is 0 Å². The van der Waals surface area contributed by atoms with Gasteiger partial charge in [-0.05, 0) is 18.3 Å². The molecule has 0 N–H and O–H groups in total. The van der Waals surface area contributed by atoms with Crippen molar-refractivity contribution >= 4 is 23.2 Å². The van der Waals surface area contributed by atoms with E-state index in [1.54, 1.807) is 6.20 Å². The van der Waals surface area contributed by atoms with Gasteiger partial charge in [-0.1, -0.05) is 32.4 Å². The van der Waals surface area contributed by atoms with Gasteiger partial charge in [0, 0.05) is 12.4 Å². The molecule has 0 radical (unpaired) electrons. The van der Waals surface area contributed by atoms with E-state index in [9.17, 15) is 0 Å². The molecule has 1 aromatic rings. The lowest BCUT2D eigenvalue weighted by molar-refractivity contribution is 0.372. The highest BCUT2D eigenvalue weighted by molar-refractivity contribution is 6.31. The van der Waals surface area contributed by atoms with Gasteiger partial charge in [0.2, 0.25) is 0 Å². The highest BCUT2D eigenvalue weighted by Gasteiger charge is 2.22. The van der Waals surface area contributed by atoms with E-state index in [0.717, 1.165) is 23.6 Å². The summed E-state index contributed by atoms with van der Waals surface area (Å²) in [6.45, 7) is 6.44. The van der Waals surface area contributed by atoms with E-state index in [0.29, 0.717) is 0 Å². The smallest absolute Gasteiger partial charge is 0.0817 e. The number of halogens is 2. The first-order valence-corrected chi connectivity index (χ1v) is 5.94. The molecular weight excluding hydrogens is 231 g/mol. The van der Waals surface area contributed by atoms with Crippen molar-refractivity contribution in [3.8, 4) is 0 Å². The van der Waals surface area contributed by atoms with E-state index in [1.165, 1.54) is 0 Å². The fourth-order valence-corrected chi connectivity index (χ4v) is 1.78. The molecule has 0 bridgehead atoms. The number of aryl methyl sites for hydroxylation is 1. The van der Waals surface area contributed by atoms with Gasteiger partial charge in [-0.25, -0.2) is 0 Å². The zero-order valence-electron chi connectivity index (χ0n) is 9.72. The maximum Gasteiger partial charge on any atom is 0.0817 e. The Labute approximate surface area is 102 Å². The Balaban J connectivity index is 2.58. The molecule has 4 heteroatoms. The van der Waals surface area contributed by atoms with Crippen LogP contribution in [0, 0.1) is 5.41 Å². The fraction of sp³-hybridized carbons (Fsp3) is 0.727. The van der Waals surface area contributed by atoms with Crippen LogP contribution in [0.1, 0.15) is 32.9 Å². The minimum atomic E-state index is 0.132. The van der Waals surface area contributed by atoms with Crippen LogP contribution < -0.4 is 0 Å². The Hall–Kier alpha value is -0.210. The molecule has 1 atom stereocenters. The van der Waals surface area contributed by atoms with Gasteiger partial charge < -0.3 is 0 Å². The van der Waals surface area contributed by atoms with Gasteiger partial charge in [0.1, 0.15) is 0 Å². The summed E-state index contributed by atoms with van der Waals surface area (Å²) in [4.78, 5) is 0. The fourth-order valence-electron chi connectivity index (χ4n) is 1.41. The third-order valence-corrected chi connectivity index (χ3v) is 3.77. The average Bonchev–Trinajstić information content (AvgIpc) is 2.41. The molecule has 0 saturated heterocycles. The molecule has 1 heterocycles. The molecule has 0 aliphatic rings. The molecule has 0 aromatic carbocycles. The second-order valence-electron chi connectivity index (χ2n) is 4.94. The Morgan fingerprint density at radius 1 is 1.47 bits per heavy atom. The summed E-state index contributed by atoms with van der Waals surface area (Å²) in [5.41, 5.74) is 1.19. The van der Waals surface area contributed by atoms with Crippen molar-refractivity contribution in [3.05, 3.63) is 16.9 Å². The quantitative estimate of drug-likeness (QED) is 0.747. The van der Waals surface area contributed by atoms with Crippen molar-refractivity contribution in [1.82, 2.24) is 9.78 Å². The summed E-state index contributed by atoms with van der Waals surface area (Å²) in [6.07, 6.45) is 3.47. The van der Waals surface area contributed by atoms with Crippen molar-refractivity contribution in [2.45, 2.75) is 39.0 Å². The molecule has 86 valence electrons. The minimum Gasteiger partial charge on any atom is -0.271 e. The Morgan fingerprint density at radius 2 is 2.07 bits per heavy atom. The van der Waals surface area contributed by atoms with Crippen molar-refractivity contribution in [3.63, 3.8) is 0 Å². The van der Waals surface area contributed by atoms with E-state index in [1.807, 2.05) is 11.7 Å². The highest BCUT2D eigenvalue weighted by atomic mass is 35.5. The van der Waals surface area contributed by atoms with Crippen LogP contribution in [-0.2, 0) is 13.5 Å². The molecule has 15 heavy (non-hydrogen) atoms. The zero-order valence-corrected chi connectivity index (χ0v) is 11.2. The summed E-state index contributed by atoms with van der Waals surface area (Å²) in [7, 11) is 1.90. The largest absolute Gasteiger partial charge is 0.271 e. The van der Waals surface area contributed by atoms with Crippen LogP contribution in [0.15, 0.2) is 6.20 Å². The van der Waals surface area contributed by atoms with Crippen LogP contribution >= 0.6 is 23.2 Å². The van der Waals surface area contributed by atoms with Gasteiger partial charge >= 0.3 is 0 Å². The van der Waals surface area contributed by atoms with Crippen LogP contribution in [0.3, 0.4) is 0 Å². The van der Waals surface area contributed by atoms with Crippen molar-refractivity contribution in [2.75, 3.05) is 0 Å². The van der Waals surface area contributed by atoms with E-state index in [4.69, 9.17) is 23.2 Å². The third kappa shape index (κ3) is 3.39. The molecule has 0 aliphatic carbocycles. The molecule has 1 unspecified atom stereocenters. The van der Waals surface area contributed by atoms with Crippen LogP contribution in [0.4, 0.5) is 0 Å². The normalized spacial score (nSPS) is 14.3. The van der Waals surface area contributed by atoms with Crippen molar-refractivity contribution in [2.24, 2.45) is 12.5 Å². The number of nitrogens with zero attached hydrogens (tertiary/aromatic N) is 2. The highest BCUT2D eigenvalue weighted by Crippen LogP contribution is 2.29. The Kier molecular flexibility index (Phi) is 4.07. The topological polar surface area (TPSA) is 17.8 Å². The first-order chi connectivity index (χ1) is 6.82. The Morgan fingerprint density at radius 3 is 2.47 bits per heavy atom. The molecular formula is C11H18Cl2N2. The number of hydrogen-bond donors (Lipinski definition) is 0. The molecule has 0 amide bonds. The number of hydrogen-bond acceptors (Lipinski definition) is 1.